The Morgan fingerprint density at radius 1 is 1.17 bits per heavy atom. The summed E-state index contributed by atoms with van der Waals surface area (Å²) in [5.41, 5.74) is 5.89. The van der Waals surface area contributed by atoms with Gasteiger partial charge in [0.2, 0.25) is 5.88 Å². The average Bonchev–Trinajstić information content (AvgIpc) is 2.30. The maximum atomic E-state index is 13.0. The van der Waals surface area contributed by atoms with Gasteiger partial charge in [0.25, 0.3) is 0 Å². The van der Waals surface area contributed by atoms with E-state index in [2.05, 4.69) is 4.98 Å². The number of nitrogens with zero attached hydrogens (tertiary/aromatic N) is 1. The van der Waals surface area contributed by atoms with Gasteiger partial charge in [0.15, 0.2) is 0 Å². The molecular formula is C12H9ClF2N2O. The van der Waals surface area contributed by atoms with E-state index in [1.165, 1.54) is 6.07 Å². The number of halogens is 3. The van der Waals surface area contributed by atoms with Gasteiger partial charge in [0.05, 0.1) is 10.7 Å². The molecule has 1 heterocycles. The van der Waals surface area contributed by atoms with E-state index in [1.807, 2.05) is 0 Å². The van der Waals surface area contributed by atoms with E-state index in [1.54, 1.807) is 6.07 Å². The van der Waals surface area contributed by atoms with Crippen LogP contribution in [0.1, 0.15) is 5.69 Å². The van der Waals surface area contributed by atoms with E-state index in [-0.39, 0.29) is 18.2 Å². The van der Waals surface area contributed by atoms with Crippen LogP contribution in [0.15, 0.2) is 30.3 Å². The average molecular weight is 271 g/mol. The fourth-order valence-electron chi connectivity index (χ4n) is 1.37. The molecule has 18 heavy (non-hydrogen) atoms. The molecule has 0 aliphatic heterocycles. The number of pyridine rings is 1. The van der Waals surface area contributed by atoms with Crippen molar-refractivity contribution >= 4 is 11.6 Å². The van der Waals surface area contributed by atoms with Gasteiger partial charge in [-0.2, -0.15) is 0 Å². The van der Waals surface area contributed by atoms with Crippen LogP contribution in [-0.2, 0) is 6.54 Å². The normalized spacial score (nSPS) is 10.4. The number of hydrogen-bond acceptors (Lipinski definition) is 3. The van der Waals surface area contributed by atoms with Crippen molar-refractivity contribution in [3.8, 4) is 11.6 Å². The molecule has 2 rings (SSSR count). The number of rotatable bonds is 3. The molecule has 0 spiro atoms. The minimum Gasteiger partial charge on any atom is -0.439 e. The molecule has 0 amide bonds. The Morgan fingerprint density at radius 2 is 1.83 bits per heavy atom. The second-order valence-corrected chi connectivity index (χ2v) is 3.90. The molecule has 94 valence electrons. The molecule has 0 atom stereocenters. The highest BCUT2D eigenvalue weighted by atomic mass is 35.5. The van der Waals surface area contributed by atoms with Gasteiger partial charge >= 0.3 is 0 Å². The van der Waals surface area contributed by atoms with Gasteiger partial charge in [-0.25, -0.2) is 13.8 Å². The number of hydrogen-bond donors (Lipinski definition) is 1. The predicted molar refractivity (Wildman–Crippen MR) is 63.6 cm³/mol. The highest BCUT2D eigenvalue weighted by Crippen LogP contribution is 2.24. The Hall–Kier alpha value is -1.72. The third kappa shape index (κ3) is 2.94. The zero-order valence-corrected chi connectivity index (χ0v) is 9.92. The van der Waals surface area contributed by atoms with Gasteiger partial charge < -0.3 is 10.5 Å². The van der Waals surface area contributed by atoms with Gasteiger partial charge in [-0.05, 0) is 6.07 Å². The Kier molecular flexibility index (Phi) is 3.74. The number of aromatic nitrogens is 1. The fourth-order valence-corrected chi connectivity index (χ4v) is 1.55. The molecule has 0 fully saturated rings. The minimum atomic E-state index is -0.724. The van der Waals surface area contributed by atoms with Crippen molar-refractivity contribution in [3.63, 3.8) is 0 Å². The SMILES string of the molecule is NCc1nc(Oc2cc(F)cc(F)c2)ccc1Cl. The zero-order chi connectivity index (χ0) is 13.1. The predicted octanol–water partition coefficient (Wildman–Crippen LogP) is 3.26. The van der Waals surface area contributed by atoms with Crippen LogP contribution in [0.5, 0.6) is 11.6 Å². The van der Waals surface area contributed by atoms with Crippen LogP contribution in [0.3, 0.4) is 0 Å². The third-order valence-corrected chi connectivity index (χ3v) is 2.49. The van der Waals surface area contributed by atoms with Crippen molar-refractivity contribution in [2.45, 2.75) is 6.54 Å². The number of benzene rings is 1. The second kappa shape index (κ2) is 5.29. The number of nitrogens with two attached hydrogens (primary N) is 1. The van der Waals surface area contributed by atoms with Crippen molar-refractivity contribution < 1.29 is 13.5 Å². The van der Waals surface area contributed by atoms with Crippen molar-refractivity contribution in [1.29, 1.82) is 0 Å². The van der Waals surface area contributed by atoms with Gasteiger partial charge in [0, 0.05) is 30.8 Å². The Bertz CT molecular complexity index is 558. The summed E-state index contributed by atoms with van der Waals surface area (Å²) < 4.78 is 31.1. The lowest BCUT2D eigenvalue weighted by Gasteiger charge is -2.07. The lowest BCUT2D eigenvalue weighted by Crippen LogP contribution is -2.01. The van der Waals surface area contributed by atoms with Crippen LogP contribution in [0.4, 0.5) is 8.78 Å². The summed E-state index contributed by atoms with van der Waals surface area (Å²) in [6.07, 6.45) is 0. The first-order chi connectivity index (χ1) is 8.58. The van der Waals surface area contributed by atoms with Gasteiger partial charge in [-0.1, -0.05) is 11.6 Å². The topological polar surface area (TPSA) is 48.1 Å². The summed E-state index contributed by atoms with van der Waals surface area (Å²) in [6.45, 7) is 0.146. The van der Waals surface area contributed by atoms with Crippen LogP contribution in [0.25, 0.3) is 0 Å². The molecule has 0 radical (unpaired) electrons. The lowest BCUT2D eigenvalue weighted by atomic mass is 10.3. The molecule has 3 nitrogen and oxygen atoms in total. The first-order valence-corrected chi connectivity index (χ1v) is 5.45. The van der Waals surface area contributed by atoms with Crippen LogP contribution in [-0.4, -0.2) is 4.98 Å². The van der Waals surface area contributed by atoms with Gasteiger partial charge in [-0.3, -0.25) is 0 Å². The summed E-state index contributed by atoms with van der Waals surface area (Å²) in [6, 6.07) is 5.92. The molecule has 1 aromatic carbocycles. The minimum absolute atomic E-state index is 0.0188. The molecule has 0 aliphatic rings. The van der Waals surface area contributed by atoms with Crippen LogP contribution in [0, 0.1) is 11.6 Å². The van der Waals surface area contributed by atoms with Crippen molar-refractivity contribution in [3.05, 3.63) is 52.7 Å². The van der Waals surface area contributed by atoms with Crippen LogP contribution in [0.2, 0.25) is 5.02 Å². The van der Waals surface area contributed by atoms with Crippen molar-refractivity contribution in [2.24, 2.45) is 5.73 Å². The molecule has 0 unspecified atom stereocenters. The summed E-state index contributed by atoms with van der Waals surface area (Å²) in [7, 11) is 0. The molecule has 0 saturated carbocycles. The Morgan fingerprint density at radius 3 is 2.44 bits per heavy atom. The van der Waals surface area contributed by atoms with Crippen LogP contribution < -0.4 is 10.5 Å². The van der Waals surface area contributed by atoms with Crippen LogP contribution >= 0.6 is 11.6 Å². The van der Waals surface area contributed by atoms with E-state index >= 15 is 0 Å². The molecule has 2 N–H and O–H groups in total. The second-order valence-electron chi connectivity index (χ2n) is 3.49. The van der Waals surface area contributed by atoms with E-state index in [0.717, 1.165) is 18.2 Å². The van der Waals surface area contributed by atoms with E-state index in [4.69, 9.17) is 22.1 Å². The molecule has 0 bridgehead atoms. The van der Waals surface area contributed by atoms with Crippen molar-refractivity contribution in [2.75, 3.05) is 0 Å². The Labute approximate surface area is 107 Å². The maximum Gasteiger partial charge on any atom is 0.219 e. The van der Waals surface area contributed by atoms with Crippen molar-refractivity contribution in [1.82, 2.24) is 4.98 Å². The first kappa shape index (κ1) is 12.7. The summed E-state index contributed by atoms with van der Waals surface area (Å²) >= 11 is 5.83. The van der Waals surface area contributed by atoms with Gasteiger partial charge in [-0.15, -0.1) is 0 Å². The Balaban J connectivity index is 2.28. The molecule has 0 aliphatic carbocycles. The summed E-state index contributed by atoms with van der Waals surface area (Å²) in [4.78, 5) is 4.02. The summed E-state index contributed by atoms with van der Waals surface area (Å²) in [5, 5.41) is 0.412. The van der Waals surface area contributed by atoms with Gasteiger partial charge in [0.1, 0.15) is 17.4 Å². The van der Waals surface area contributed by atoms with E-state index in [9.17, 15) is 8.78 Å². The molecule has 0 saturated heterocycles. The standard InChI is InChI=1S/C12H9ClF2N2O/c13-10-1-2-12(17-11(10)6-16)18-9-4-7(14)3-8(15)5-9/h1-5H,6,16H2. The number of ether oxygens (including phenoxy) is 1. The molecule has 2 aromatic rings. The maximum absolute atomic E-state index is 13.0. The zero-order valence-electron chi connectivity index (χ0n) is 9.16. The lowest BCUT2D eigenvalue weighted by molar-refractivity contribution is 0.449. The van der Waals surface area contributed by atoms with E-state index in [0.29, 0.717) is 10.7 Å². The smallest absolute Gasteiger partial charge is 0.219 e. The largest absolute Gasteiger partial charge is 0.439 e. The molecule has 6 heteroatoms. The van der Waals surface area contributed by atoms with E-state index < -0.39 is 11.6 Å². The third-order valence-electron chi connectivity index (χ3n) is 2.14. The highest BCUT2D eigenvalue weighted by molar-refractivity contribution is 6.31. The highest BCUT2D eigenvalue weighted by Gasteiger charge is 2.06. The fraction of sp³-hybridized carbons (Fsp3) is 0.0833. The molecule has 1 aromatic heterocycles. The first-order valence-electron chi connectivity index (χ1n) is 5.08. The monoisotopic (exact) mass is 270 g/mol. The summed E-state index contributed by atoms with van der Waals surface area (Å²) in [5.74, 6) is -1.26. The quantitative estimate of drug-likeness (QED) is 0.931. The molecular weight excluding hydrogens is 262 g/mol.